The van der Waals surface area contributed by atoms with E-state index < -0.39 is 17.2 Å². The molecule has 0 radical (unpaired) electrons. The van der Waals surface area contributed by atoms with Gasteiger partial charge >= 0.3 is 5.97 Å². The predicted molar refractivity (Wildman–Crippen MR) is 107 cm³/mol. The van der Waals surface area contributed by atoms with E-state index in [1.54, 1.807) is 11.5 Å². The summed E-state index contributed by atoms with van der Waals surface area (Å²) in [5.74, 6) is -1.79. The minimum Gasteiger partial charge on any atom is -0.477 e. The van der Waals surface area contributed by atoms with E-state index in [2.05, 4.69) is 0 Å². The largest absolute Gasteiger partial charge is 0.477 e. The number of fused-ring (bicyclic) bond motifs is 1. The number of piperidine rings is 1. The van der Waals surface area contributed by atoms with Crippen molar-refractivity contribution in [2.45, 2.75) is 45.2 Å². The number of anilines is 2. The van der Waals surface area contributed by atoms with Gasteiger partial charge in [-0.05, 0) is 37.7 Å². The van der Waals surface area contributed by atoms with Gasteiger partial charge in [0.05, 0.1) is 22.3 Å². The summed E-state index contributed by atoms with van der Waals surface area (Å²) in [6.07, 6.45) is 3.90. The third-order valence-corrected chi connectivity index (χ3v) is 6.12. The third-order valence-electron chi connectivity index (χ3n) is 6.12. The summed E-state index contributed by atoms with van der Waals surface area (Å²) >= 11 is 0. The van der Waals surface area contributed by atoms with Crippen LogP contribution in [0.25, 0.3) is 10.9 Å². The number of aryl methyl sites for hydroxylation is 1. The highest BCUT2D eigenvalue weighted by atomic mass is 19.1. The molecule has 0 bridgehead atoms. The summed E-state index contributed by atoms with van der Waals surface area (Å²) in [5.41, 5.74) is 12.3. The molecule has 0 amide bonds. The van der Waals surface area contributed by atoms with Gasteiger partial charge in [-0.25, -0.2) is 9.18 Å². The van der Waals surface area contributed by atoms with Crippen molar-refractivity contribution < 1.29 is 14.3 Å². The number of hydrogen-bond donors (Lipinski definition) is 3. The Morgan fingerprint density at radius 1 is 1.32 bits per heavy atom. The maximum Gasteiger partial charge on any atom is 0.341 e. The fraction of sp³-hybridized carbons (Fsp3) is 0.500. The zero-order valence-electron chi connectivity index (χ0n) is 16.0. The molecule has 7 nitrogen and oxygen atoms in total. The molecule has 2 heterocycles. The topological polar surface area (TPSA) is 115 Å². The maximum absolute atomic E-state index is 15.4. The highest BCUT2D eigenvalue weighted by Gasteiger charge is 2.33. The third kappa shape index (κ3) is 2.74. The molecule has 0 spiro atoms. The molecule has 1 aliphatic heterocycles. The van der Waals surface area contributed by atoms with Crippen LogP contribution >= 0.6 is 0 Å². The molecule has 28 heavy (non-hydrogen) atoms. The molecule has 1 saturated carbocycles. The maximum atomic E-state index is 15.4. The molecule has 2 aromatic rings. The lowest BCUT2D eigenvalue weighted by atomic mass is 9.93. The second kappa shape index (κ2) is 6.48. The quantitative estimate of drug-likeness (QED) is 0.695. The van der Waals surface area contributed by atoms with Crippen molar-refractivity contribution in [3.63, 3.8) is 0 Å². The number of rotatable bonds is 3. The van der Waals surface area contributed by atoms with E-state index in [-0.39, 0.29) is 34.6 Å². The number of aromatic carboxylic acids is 1. The highest BCUT2D eigenvalue weighted by Crippen LogP contribution is 2.42. The molecule has 2 fully saturated rings. The van der Waals surface area contributed by atoms with Crippen LogP contribution in [-0.2, 0) is 0 Å². The number of pyridine rings is 1. The number of nitrogens with zero attached hydrogens (tertiary/aromatic N) is 2. The Hall–Kier alpha value is -2.61. The fourth-order valence-corrected chi connectivity index (χ4v) is 4.31. The molecule has 4 rings (SSSR count). The van der Waals surface area contributed by atoms with Gasteiger partial charge in [0.15, 0.2) is 5.82 Å². The summed E-state index contributed by atoms with van der Waals surface area (Å²) in [6.45, 7) is 5.02. The Labute approximate surface area is 161 Å². The van der Waals surface area contributed by atoms with Crippen molar-refractivity contribution in [1.29, 1.82) is 0 Å². The molecular weight excluding hydrogens is 363 g/mol. The average Bonchev–Trinajstić information content (AvgIpc) is 3.47. The molecule has 1 aromatic heterocycles. The van der Waals surface area contributed by atoms with Gasteiger partial charge in [-0.15, -0.1) is 0 Å². The highest BCUT2D eigenvalue weighted by molar-refractivity contribution is 6.01. The van der Waals surface area contributed by atoms with E-state index in [1.165, 1.54) is 6.20 Å². The van der Waals surface area contributed by atoms with Gasteiger partial charge in [0.1, 0.15) is 5.56 Å². The Morgan fingerprint density at radius 3 is 2.57 bits per heavy atom. The summed E-state index contributed by atoms with van der Waals surface area (Å²) in [4.78, 5) is 26.3. The van der Waals surface area contributed by atoms with Crippen LogP contribution in [0.5, 0.6) is 0 Å². The van der Waals surface area contributed by atoms with Gasteiger partial charge < -0.3 is 26.0 Å². The predicted octanol–water partition coefficient (Wildman–Crippen LogP) is 2.24. The number of carbonyl (C=O) groups is 1. The summed E-state index contributed by atoms with van der Waals surface area (Å²) in [5, 5.41) is 9.39. The van der Waals surface area contributed by atoms with Crippen LogP contribution < -0.4 is 21.8 Å². The van der Waals surface area contributed by atoms with Crippen molar-refractivity contribution in [3.05, 3.63) is 33.4 Å². The molecule has 1 aliphatic carbocycles. The van der Waals surface area contributed by atoms with Crippen LogP contribution in [0.3, 0.4) is 0 Å². The first-order valence-corrected chi connectivity index (χ1v) is 9.62. The number of halogens is 1. The zero-order chi connectivity index (χ0) is 20.3. The number of carboxylic acid groups (broad SMARTS) is 1. The van der Waals surface area contributed by atoms with Crippen molar-refractivity contribution in [1.82, 2.24) is 4.57 Å². The molecule has 2 aliphatic rings. The standard InChI is InChI=1S/C20H25FN4O3/c1-9-7-24(6-5-13(9)22)18-10(2)17-14(16(23)15(18)21)19(26)12(20(27)28)8-25(17)11-3-4-11/h8-9,11,13H,3-7,22-23H2,1-2H3,(H,27,28). The minimum absolute atomic E-state index is 0.0349. The molecule has 150 valence electrons. The van der Waals surface area contributed by atoms with Crippen molar-refractivity contribution in [2.75, 3.05) is 23.7 Å². The van der Waals surface area contributed by atoms with Gasteiger partial charge in [0, 0.05) is 31.4 Å². The van der Waals surface area contributed by atoms with Crippen molar-refractivity contribution in [3.8, 4) is 0 Å². The van der Waals surface area contributed by atoms with Crippen LogP contribution in [0.1, 0.15) is 48.1 Å². The lowest BCUT2D eigenvalue weighted by Gasteiger charge is -2.38. The lowest BCUT2D eigenvalue weighted by Crippen LogP contribution is -2.46. The van der Waals surface area contributed by atoms with Crippen LogP contribution in [0.15, 0.2) is 11.0 Å². The summed E-state index contributed by atoms with van der Waals surface area (Å²) in [6, 6.07) is 0.173. The number of carboxylic acids is 1. The zero-order valence-corrected chi connectivity index (χ0v) is 16.0. The fourth-order valence-electron chi connectivity index (χ4n) is 4.31. The van der Waals surface area contributed by atoms with Gasteiger partial charge in [-0.2, -0.15) is 0 Å². The Bertz CT molecular complexity index is 1040. The Balaban J connectivity index is 2.02. The van der Waals surface area contributed by atoms with E-state index >= 15 is 4.39 Å². The number of hydrogen-bond acceptors (Lipinski definition) is 5. The average molecular weight is 388 g/mol. The van der Waals surface area contributed by atoms with Crippen LogP contribution in [0, 0.1) is 18.7 Å². The number of nitrogens with two attached hydrogens (primary N) is 2. The molecular formula is C20H25FN4O3. The first-order chi connectivity index (χ1) is 13.2. The van der Waals surface area contributed by atoms with E-state index in [0.29, 0.717) is 29.9 Å². The Morgan fingerprint density at radius 2 is 2.00 bits per heavy atom. The first-order valence-electron chi connectivity index (χ1n) is 9.62. The first kappa shape index (κ1) is 18.7. The normalized spacial score (nSPS) is 22.6. The van der Waals surface area contributed by atoms with Gasteiger partial charge in [0.25, 0.3) is 0 Å². The summed E-state index contributed by atoms with van der Waals surface area (Å²) < 4.78 is 17.2. The molecule has 2 unspecified atom stereocenters. The van der Waals surface area contributed by atoms with E-state index in [9.17, 15) is 14.7 Å². The lowest BCUT2D eigenvalue weighted by molar-refractivity contribution is 0.0695. The van der Waals surface area contributed by atoms with E-state index in [4.69, 9.17) is 11.5 Å². The minimum atomic E-state index is -1.33. The second-order valence-electron chi connectivity index (χ2n) is 8.12. The summed E-state index contributed by atoms with van der Waals surface area (Å²) in [7, 11) is 0. The smallest absolute Gasteiger partial charge is 0.341 e. The van der Waals surface area contributed by atoms with E-state index in [0.717, 1.165) is 19.3 Å². The van der Waals surface area contributed by atoms with Crippen LogP contribution in [-0.4, -0.2) is 34.8 Å². The van der Waals surface area contributed by atoms with Crippen LogP contribution in [0.4, 0.5) is 15.8 Å². The van der Waals surface area contributed by atoms with Gasteiger partial charge in [0.2, 0.25) is 5.43 Å². The molecule has 2 atom stereocenters. The number of nitrogen functional groups attached to an aromatic ring is 1. The number of aromatic nitrogens is 1. The Kier molecular flexibility index (Phi) is 4.33. The van der Waals surface area contributed by atoms with Gasteiger partial charge in [-0.1, -0.05) is 6.92 Å². The number of benzene rings is 1. The van der Waals surface area contributed by atoms with Gasteiger partial charge in [-0.3, -0.25) is 4.79 Å². The van der Waals surface area contributed by atoms with Crippen LogP contribution in [0.2, 0.25) is 0 Å². The van der Waals surface area contributed by atoms with Crippen molar-refractivity contribution >= 4 is 28.2 Å². The second-order valence-corrected chi connectivity index (χ2v) is 8.12. The SMILES string of the molecule is Cc1c(N2CCC(N)C(C)C2)c(F)c(N)c2c(=O)c(C(=O)O)cn(C3CC3)c12. The molecule has 1 aromatic carbocycles. The molecule has 8 heteroatoms. The van der Waals surface area contributed by atoms with E-state index in [1.807, 2.05) is 11.8 Å². The molecule has 5 N–H and O–H groups in total. The monoisotopic (exact) mass is 388 g/mol. The van der Waals surface area contributed by atoms with Crippen molar-refractivity contribution in [2.24, 2.45) is 11.7 Å². The molecule has 1 saturated heterocycles.